The van der Waals surface area contributed by atoms with E-state index in [9.17, 15) is 18.0 Å². The Hall–Kier alpha value is -1.56. The molecule has 0 atom stereocenters. The van der Waals surface area contributed by atoms with Crippen LogP contribution in [-0.4, -0.2) is 23.2 Å². The summed E-state index contributed by atoms with van der Waals surface area (Å²) in [6, 6.07) is 4.50. The summed E-state index contributed by atoms with van der Waals surface area (Å²) in [5.74, 6) is -0.286. The van der Waals surface area contributed by atoms with Crippen molar-refractivity contribution in [3.8, 4) is 0 Å². The van der Waals surface area contributed by atoms with Crippen molar-refractivity contribution in [2.75, 3.05) is 6.61 Å². The quantitative estimate of drug-likeness (QED) is 0.880. The van der Waals surface area contributed by atoms with E-state index in [2.05, 4.69) is 5.32 Å². The summed E-state index contributed by atoms with van der Waals surface area (Å²) in [6.45, 7) is -0.105. The van der Waals surface area contributed by atoms with Gasteiger partial charge < -0.3 is 10.4 Å². The maximum atomic E-state index is 12.4. The van der Waals surface area contributed by atoms with Crippen molar-refractivity contribution in [1.29, 1.82) is 0 Å². The Kier molecular flexibility index (Phi) is 3.54. The number of halogens is 3. The van der Waals surface area contributed by atoms with Crippen molar-refractivity contribution in [3.05, 3.63) is 35.4 Å². The van der Waals surface area contributed by atoms with Crippen molar-refractivity contribution >= 4 is 5.91 Å². The molecule has 3 nitrogen and oxygen atoms in total. The second-order valence-electron chi connectivity index (χ2n) is 4.86. The number of amides is 1. The Bertz CT molecular complexity index is 464. The van der Waals surface area contributed by atoms with Gasteiger partial charge in [-0.05, 0) is 30.5 Å². The van der Waals surface area contributed by atoms with Gasteiger partial charge in [-0.15, -0.1) is 0 Å². The van der Waals surface area contributed by atoms with Crippen LogP contribution in [0.25, 0.3) is 0 Å². The number of aliphatic hydroxyl groups excluding tert-OH is 1. The minimum atomic E-state index is -4.37. The van der Waals surface area contributed by atoms with E-state index in [-0.39, 0.29) is 18.9 Å². The first-order valence-corrected chi connectivity index (χ1v) is 5.93. The van der Waals surface area contributed by atoms with Gasteiger partial charge in [0.15, 0.2) is 0 Å². The van der Waals surface area contributed by atoms with Gasteiger partial charge in [-0.3, -0.25) is 4.79 Å². The highest BCUT2D eigenvalue weighted by Crippen LogP contribution is 2.34. The van der Waals surface area contributed by atoms with Crippen LogP contribution in [-0.2, 0) is 17.4 Å². The van der Waals surface area contributed by atoms with Gasteiger partial charge in [-0.1, -0.05) is 12.1 Å². The van der Waals surface area contributed by atoms with Crippen LogP contribution >= 0.6 is 0 Å². The number of benzene rings is 1. The van der Waals surface area contributed by atoms with Gasteiger partial charge in [0.2, 0.25) is 5.91 Å². The second-order valence-corrected chi connectivity index (χ2v) is 4.86. The van der Waals surface area contributed by atoms with Crippen molar-refractivity contribution in [1.82, 2.24) is 5.32 Å². The number of carbonyl (C=O) groups is 1. The van der Waals surface area contributed by atoms with Gasteiger partial charge in [0.05, 0.1) is 24.1 Å². The highest BCUT2D eigenvalue weighted by Gasteiger charge is 2.43. The molecule has 1 aromatic rings. The van der Waals surface area contributed by atoms with Gasteiger partial charge in [-0.2, -0.15) is 13.2 Å². The largest absolute Gasteiger partial charge is 0.416 e. The molecule has 1 saturated carbocycles. The molecule has 1 fully saturated rings. The number of alkyl halides is 3. The third kappa shape index (κ3) is 3.47. The van der Waals surface area contributed by atoms with Crippen molar-refractivity contribution in [2.24, 2.45) is 0 Å². The molecule has 0 saturated heterocycles. The number of aliphatic hydroxyl groups is 1. The van der Waals surface area contributed by atoms with Crippen LogP contribution in [0.4, 0.5) is 13.2 Å². The molecule has 104 valence electrons. The number of nitrogens with one attached hydrogen (secondary N) is 1. The summed E-state index contributed by atoms with van der Waals surface area (Å²) in [7, 11) is 0. The minimum absolute atomic E-state index is 0.0138. The SMILES string of the molecule is O=C(Cc1ccc(C(F)(F)F)cc1)NC1(CO)CC1. The average molecular weight is 273 g/mol. The highest BCUT2D eigenvalue weighted by molar-refractivity contribution is 5.79. The smallest absolute Gasteiger partial charge is 0.394 e. The average Bonchev–Trinajstić information content (AvgIpc) is 3.09. The molecule has 0 unspecified atom stereocenters. The van der Waals surface area contributed by atoms with Crippen LogP contribution < -0.4 is 5.32 Å². The van der Waals surface area contributed by atoms with Gasteiger partial charge in [0.1, 0.15) is 0 Å². The zero-order valence-electron chi connectivity index (χ0n) is 10.1. The third-order valence-electron chi connectivity index (χ3n) is 3.21. The van der Waals surface area contributed by atoms with Crippen LogP contribution in [0.2, 0.25) is 0 Å². The Balaban J connectivity index is 1.94. The topological polar surface area (TPSA) is 49.3 Å². The van der Waals surface area contributed by atoms with Crippen LogP contribution in [0.5, 0.6) is 0 Å². The summed E-state index contributed by atoms with van der Waals surface area (Å²) in [5, 5.41) is 11.8. The van der Waals surface area contributed by atoms with E-state index in [1.165, 1.54) is 12.1 Å². The maximum Gasteiger partial charge on any atom is 0.416 e. The molecule has 0 spiro atoms. The first-order chi connectivity index (χ1) is 8.85. The minimum Gasteiger partial charge on any atom is -0.394 e. The Labute approximate surface area is 108 Å². The maximum absolute atomic E-state index is 12.4. The normalized spacial score (nSPS) is 17.1. The van der Waals surface area contributed by atoms with Gasteiger partial charge in [0.25, 0.3) is 0 Å². The van der Waals surface area contributed by atoms with Crippen LogP contribution in [0.15, 0.2) is 24.3 Å². The van der Waals surface area contributed by atoms with Crippen molar-refractivity contribution < 1.29 is 23.1 Å². The zero-order chi connectivity index (χ0) is 14.1. The molecule has 1 aliphatic rings. The monoisotopic (exact) mass is 273 g/mol. The predicted molar refractivity (Wildman–Crippen MR) is 62.3 cm³/mol. The first kappa shape index (κ1) is 13.9. The molecule has 0 aromatic heterocycles. The molecule has 0 radical (unpaired) electrons. The summed E-state index contributed by atoms with van der Waals surface area (Å²) in [4.78, 5) is 11.7. The fourth-order valence-corrected chi connectivity index (χ4v) is 1.81. The number of hydrogen-bond acceptors (Lipinski definition) is 2. The van der Waals surface area contributed by atoms with E-state index in [1.807, 2.05) is 0 Å². The van der Waals surface area contributed by atoms with E-state index < -0.39 is 17.3 Å². The molecule has 1 aliphatic carbocycles. The van der Waals surface area contributed by atoms with Crippen LogP contribution in [0.3, 0.4) is 0 Å². The highest BCUT2D eigenvalue weighted by atomic mass is 19.4. The first-order valence-electron chi connectivity index (χ1n) is 5.93. The Morgan fingerprint density at radius 1 is 1.26 bits per heavy atom. The van der Waals surface area contributed by atoms with E-state index in [4.69, 9.17) is 5.11 Å². The lowest BCUT2D eigenvalue weighted by molar-refractivity contribution is -0.137. The van der Waals surface area contributed by atoms with E-state index >= 15 is 0 Å². The van der Waals surface area contributed by atoms with Gasteiger partial charge in [-0.25, -0.2) is 0 Å². The van der Waals surface area contributed by atoms with E-state index in [1.54, 1.807) is 0 Å². The molecule has 1 amide bonds. The Morgan fingerprint density at radius 3 is 2.26 bits per heavy atom. The molecule has 0 bridgehead atoms. The summed E-state index contributed by atoms with van der Waals surface area (Å²) < 4.78 is 37.1. The zero-order valence-corrected chi connectivity index (χ0v) is 10.1. The number of carbonyl (C=O) groups excluding carboxylic acids is 1. The fraction of sp³-hybridized carbons (Fsp3) is 0.462. The molecule has 2 N–H and O–H groups in total. The molecular formula is C13H14F3NO2. The van der Waals surface area contributed by atoms with Gasteiger partial charge in [0, 0.05) is 0 Å². The second kappa shape index (κ2) is 4.85. The van der Waals surface area contributed by atoms with Crippen LogP contribution in [0, 0.1) is 0 Å². The molecule has 0 aliphatic heterocycles. The lowest BCUT2D eigenvalue weighted by atomic mass is 10.1. The Morgan fingerprint density at radius 2 is 1.84 bits per heavy atom. The fourth-order valence-electron chi connectivity index (χ4n) is 1.81. The van der Waals surface area contributed by atoms with Crippen LogP contribution in [0.1, 0.15) is 24.0 Å². The summed E-state index contributed by atoms with van der Waals surface area (Å²) >= 11 is 0. The standard InChI is InChI=1S/C13H14F3NO2/c14-13(15,16)10-3-1-9(2-4-10)7-11(19)17-12(8-18)5-6-12/h1-4,18H,5-8H2,(H,17,19). The molecule has 0 heterocycles. The molecule has 2 rings (SSSR count). The molecule has 19 heavy (non-hydrogen) atoms. The summed E-state index contributed by atoms with van der Waals surface area (Å²) in [5.41, 5.74) is -0.715. The predicted octanol–water partition coefficient (Wildman–Crippen LogP) is 1.89. The molecular weight excluding hydrogens is 259 g/mol. The number of hydrogen-bond donors (Lipinski definition) is 2. The van der Waals surface area contributed by atoms with Crippen molar-refractivity contribution in [3.63, 3.8) is 0 Å². The lowest BCUT2D eigenvalue weighted by Crippen LogP contribution is -2.40. The van der Waals surface area contributed by atoms with Gasteiger partial charge >= 0.3 is 6.18 Å². The molecule has 6 heteroatoms. The lowest BCUT2D eigenvalue weighted by Gasteiger charge is -2.14. The van der Waals surface area contributed by atoms with E-state index in [0.29, 0.717) is 5.56 Å². The third-order valence-corrected chi connectivity index (χ3v) is 3.21. The summed E-state index contributed by atoms with van der Waals surface area (Å²) in [6.07, 6.45) is -2.87. The molecule has 1 aromatic carbocycles. The van der Waals surface area contributed by atoms with Crippen molar-refractivity contribution in [2.45, 2.75) is 31.0 Å². The van der Waals surface area contributed by atoms with E-state index in [0.717, 1.165) is 25.0 Å². The number of rotatable bonds is 4.